The van der Waals surface area contributed by atoms with Crippen LogP contribution in [0.1, 0.15) is 25.7 Å². The van der Waals surface area contributed by atoms with Crippen LogP contribution in [-0.2, 0) is 9.53 Å². The van der Waals surface area contributed by atoms with Crippen molar-refractivity contribution in [3.8, 4) is 5.75 Å². The van der Waals surface area contributed by atoms with E-state index in [1.807, 2.05) is 24.3 Å². The SMILES string of the molecule is COCCCOc1cccc(NC(=O)C2CCCCN2)c1. The van der Waals surface area contributed by atoms with Gasteiger partial charge in [0.2, 0.25) is 5.91 Å². The van der Waals surface area contributed by atoms with Crippen molar-refractivity contribution in [3.05, 3.63) is 24.3 Å². The Hall–Kier alpha value is -1.59. The zero-order valence-corrected chi connectivity index (χ0v) is 12.6. The fraction of sp³-hybridized carbons (Fsp3) is 0.562. The minimum absolute atomic E-state index is 0.0335. The Bertz CT molecular complexity index is 445. The first-order valence-electron chi connectivity index (χ1n) is 7.55. The average molecular weight is 292 g/mol. The Morgan fingerprint density at radius 3 is 3.05 bits per heavy atom. The van der Waals surface area contributed by atoms with Crippen LogP contribution < -0.4 is 15.4 Å². The number of nitrogens with one attached hydrogen (secondary N) is 2. The van der Waals surface area contributed by atoms with Gasteiger partial charge < -0.3 is 20.1 Å². The summed E-state index contributed by atoms with van der Waals surface area (Å²) in [6.07, 6.45) is 4.00. The zero-order valence-electron chi connectivity index (χ0n) is 12.6. The Balaban J connectivity index is 1.83. The molecule has 21 heavy (non-hydrogen) atoms. The topological polar surface area (TPSA) is 59.6 Å². The van der Waals surface area contributed by atoms with E-state index in [1.54, 1.807) is 7.11 Å². The van der Waals surface area contributed by atoms with E-state index in [-0.39, 0.29) is 11.9 Å². The summed E-state index contributed by atoms with van der Waals surface area (Å²) in [5.41, 5.74) is 0.775. The maximum atomic E-state index is 12.1. The number of methoxy groups -OCH3 is 1. The van der Waals surface area contributed by atoms with Gasteiger partial charge >= 0.3 is 0 Å². The van der Waals surface area contributed by atoms with Crippen molar-refractivity contribution in [3.63, 3.8) is 0 Å². The molecule has 1 aliphatic rings. The fourth-order valence-corrected chi connectivity index (χ4v) is 2.36. The van der Waals surface area contributed by atoms with Crippen molar-refractivity contribution in [2.24, 2.45) is 0 Å². The van der Waals surface area contributed by atoms with Crippen LogP contribution in [0.5, 0.6) is 5.75 Å². The smallest absolute Gasteiger partial charge is 0.241 e. The molecule has 1 amide bonds. The molecule has 1 aromatic carbocycles. The van der Waals surface area contributed by atoms with Crippen LogP contribution in [0.15, 0.2) is 24.3 Å². The monoisotopic (exact) mass is 292 g/mol. The Kier molecular flexibility index (Phi) is 6.50. The van der Waals surface area contributed by atoms with Crippen LogP contribution in [0.2, 0.25) is 0 Å². The number of benzene rings is 1. The highest BCUT2D eigenvalue weighted by molar-refractivity contribution is 5.95. The molecular weight excluding hydrogens is 268 g/mol. The molecule has 2 N–H and O–H groups in total. The van der Waals surface area contributed by atoms with Crippen molar-refractivity contribution in [1.82, 2.24) is 5.32 Å². The molecule has 0 radical (unpaired) electrons. The van der Waals surface area contributed by atoms with Gasteiger partial charge in [-0.05, 0) is 31.5 Å². The van der Waals surface area contributed by atoms with Gasteiger partial charge in [-0.1, -0.05) is 12.5 Å². The largest absolute Gasteiger partial charge is 0.493 e. The second kappa shape index (κ2) is 8.64. The highest BCUT2D eigenvalue weighted by atomic mass is 16.5. The maximum Gasteiger partial charge on any atom is 0.241 e. The van der Waals surface area contributed by atoms with Crippen molar-refractivity contribution >= 4 is 11.6 Å². The van der Waals surface area contributed by atoms with Crippen molar-refractivity contribution < 1.29 is 14.3 Å². The number of amides is 1. The summed E-state index contributed by atoms with van der Waals surface area (Å²) < 4.78 is 10.6. The summed E-state index contributed by atoms with van der Waals surface area (Å²) in [6, 6.07) is 7.43. The van der Waals surface area contributed by atoms with Gasteiger partial charge in [-0.2, -0.15) is 0 Å². The molecule has 116 valence electrons. The van der Waals surface area contributed by atoms with Crippen LogP contribution in [0.4, 0.5) is 5.69 Å². The lowest BCUT2D eigenvalue weighted by molar-refractivity contribution is -0.118. The van der Waals surface area contributed by atoms with Crippen LogP contribution >= 0.6 is 0 Å². The molecule has 1 heterocycles. The minimum atomic E-state index is -0.0787. The van der Waals surface area contributed by atoms with Gasteiger partial charge in [0.25, 0.3) is 0 Å². The molecule has 5 nitrogen and oxygen atoms in total. The quantitative estimate of drug-likeness (QED) is 0.756. The van der Waals surface area contributed by atoms with Crippen LogP contribution in [0, 0.1) is 0 Å². The molecule has 0 bridgehead atoms. The molecule has 1 saturated heterocycles. The number of hydrogen-bond acceptors (Lipinski definition) is 4. The molecular formula is C16H24N2O3. The van der Waals surface area contributed by atoms with Gasteiger partial charge in [-0.15, -0.1) is 0 Å². The lowest BCUT2D eigenvalue weighted by Crippen LogP contribution is -2.43. The van der Waals surface area contributed by atoms with Gasteiger partial charge in [-0.3, -0.25) is 4.79 Å². The Morgan fingerprint density at radius 2 is 2.29 bits per heavy atom. The molecule has 1 aromatic rings. The van der Waals surface area contributed by atoms with Crippen molar-refractivity contribution in [2.45, 2.75) is 31.7 Å². The standard InChI is InChI=1S/C16H24N2O3/c1-20-10-5-11-21-14-7-4-6-13(12-14)18-16(19)15-8-2-3-9-17-15/h4,6-7,12,15,17H,2-3,5,8-11H2,1H3,(H,18,19). The van der Waals surface area contributed by atoms with E-state index in [4.69, 9.17) is 9.47 Å². The minimum Gasteiger partial charge on any atom is -0.493 e. The highest BCUT2D eigenvalue weighted by Gasteiger charge is 2.20. The molecule has 0 spiro atoms. The number of carbonyl (C=O) groups excluding carboxylic acids is 1. The fourth-order valence-electron chi connectivity index (χ4n) is 2.36. The van der Waals surface area contributed by atoms with Crippen LogP contribution in [-0.4, -0.2) is 38.8 Å². The molecule has 2 rings (SSSR count). The Labute approximate surface area is 126 Å². The molecule has 1 unspecified atom stereocenters. The number of carbonyl (C=O) groups is 1. The van der Waals surface area contributed by atoms with E-state index in [1.165, 1.54) is 0 Å². The third-order valence-electron chi connectivity index (χ3n) is 3.49. The van der Waals surface area contributed by atoms with E-state index in [0.29, 0.717) is 13.2 Å². The molecule has 0 aromatic heterocycles. The number of ether oxygens (including phenoxy) is 2. The third-order valence-corrected chi connectivity index (χ3v) is 3.49. The molecule has 5 heteroatoms. The van der Waals surface area contributed by atoms with Gasteiger partial charge in [0.1, 0.15) is 5.75 Å². The second-order valence-electron chi connectivity index (χ2n) is 5.21. The lowest BCUT2D eigenvalue weighted by Gasteiger charge is -2.22. The van der Waals surface area contributed by atoms with E-state index in [9.17, 15) is 4.79 Å². The second-order valence-corrected chi connectivity index (χ2v) is 5.21. The number of piperidine rings is 1. The van der Waals surface area contributed by atoms with E-state index >= 15 is 0 Å². The number of hydrogen-bond donors (Lipinski definition) is 2. The Morgan fingerprint density at radius 1 is 1.38 bits per heavy atom. The van der Waals surface area contributed by atoms with E-state index in [2.05, 4.69) is 10.6 Å². The van der Waals surface area contributed by atoms with Gasteiger partial charge in [-0.25, -0.2) is 0 Å². The van der Waals surface area contributed by atoms with Crippen LogP contribution in [0.25, 0.3) is 0 Å². The summed E-state index contributed by atoms with van der Waals surface area (Å²) >= 11 is 0. The van der Waals surface area contributed by atoms with E-state index < -0.39 is 0 Å². The molecule has 0 aliphatic carbocycles. The van der Waals surface area contributed by atoms with Crippen LogP contribution in [0.3, 0.4) is 0 Å². The normalized spacial score (nSPS) is 18.2. The lowest BCUT2D eigenvalue weighted by atomic mass is 10.0. The number of anilines is 1. The highest BCUT2D eigenvalue weighted by Crippen LogP contribution is 2.18. The first kappa shape index (κ1) is 15.8. The zero-order chi connectivity index (χ0) is 14.9. The maximum absolute atomic E-state index is 12.1. The first-order chi connectivity index (χ1) is 10.3. The molecule has 1 aliphatic heterocycles. The summed E-state index contributed by atoms with van der Waals surface area (Å²) in [7, 11) is 1.68. The molecule has 1 atom stereocenters. The first-order valence-corrected chi connectivity index (χ1v) is 7.55. The summed E-state index contributed by atoms with van der Waals surface area (Å²) in [5, 5.41) is 6.19. The van der Waals surface area contributed by atoms with Crippen molar-refractivity contribution in [1.29, 1.82) is 0 Å². The van der Waals surface area contributed by atoms with Crippen molar-refractivity contribution in [2.75, 3.05) is 32.2 Å². The predicted molar refractivity (Wildman–Crippen MR) is 82.7 cm³/mol. The summed E-state index contributed by atoms with van der Waals surface area (Å²) in [6.45, 7) is 2.21. The van der Waals surface area contributed by atoms with Gasteiger partial charge in [0.15, 0.2) is 0 Å². The number of rotatable bonds is 7. The third kappa shape index (κ3) is 5.36. The average Bonchev–Trinajstić information content (AvgIpc) is 2.53. The van der Waals surface area contributed by atoms with Gasteiger partial charge in [0.05, 0.1) is 12.6 Å². The summed E-state index contributed by atoms with van der Waals surface area (Å²) in [4.78, 5) is 12.1. The molecule has 1 fully saturated rings. The van der Waals surface area contributed by atoms with E-state index in [0.717, 1.165) is 43.7 Å². The predicted octanol–water partition coefficient (Wildman–Crippen LogP) is 2.18. The van der Waals surface area contributed by atoms with Gasteiger partial charge in [0, 0.05) is 31.9 Å². The summed E-state index contributed by atoms with van der Waals surface area (Å²) in [5.74, 6) is 0.798. The molecule has 0 saturated carbocycles.